The number of para-hydroxylation sites is 2. The van der Waals surface area contributed by atoms with Crippen LogP contribution in [0, 0.1) is 0 Å². The van der Waals surface area contributed by atoms with Crippen LogP contribution in [0.1, 0.15) is 45.4 Å². The minimum atomic E-state index is 0.0104. The molecule has 2 aliphatic rings. The number of carbonyl (C=O) groups excluding carboxylic acids is 1. The Balaban J connectivity index is 1.39. The summed E-state index contributed by atoms with van der Waals surface area (Å²) < 4.78 is 5.51. The molecule has 1 amide bonds. The van der Waals surface area contributed by atoms with E-state index < -0.39 is 0 Å². The molecule has 0 bridgehead atoms. The number of fused-ring (bicyclic) bond motifs is 1. The monoisotopic (exact) mass is 415 g/mol. The quantitative estimate of drug-likeness (QED) is 0.369. The van der Waals surface area contributed by atoms with Gasteiger partial charge in [-0.2, -0.15) is 0 Å². The second kappa shape index (κ2) is 12.4. The van der Waals surface area contributed by atoms with Crippen molar-refractivity contribution in [3.8, 4) is 5.75 Å². The number of amides is 1. The first-order valence-corrected chi connectivity index (χ1v) is 11.5. The van der Waals surface area contributed by atoms with Gasteiger partial charge in [0.25, 0.3) is 5.91 Å². The average Bonchev–Trinajstić information content (AvgIpc) is 3.04. The van der Waals surface area contributed by atoms with Crippen molar-refractivity contribution in [1.29, 1.82) is 0 Å². The summed E-state index contributed by atoms with van der Waals surface area (Å²) in [6, 6.07) is 7.71. The normalized spacial score (nSPS) is 17.8. The van der Waals surface area contributed by atoms with Crippen molar-refractivity contribution in [2.45, 2.75) is 45.4 Å². The van der Waals surface area contributed by atoms with Crippen LogP contribution in [0.3, 0.4) is 0 Å². The summed E-state index contributed by atoms with van der Waals surface area (Å²) in [7, 11) is 0. The molecule has 0 aliphatic carbocycles. The fourth-order valence-corrected chi connectivity index (χ4v) is 4.03. The van der Waals surface area contributed by atoms with E-state index in [1.165, 1.54) is 38.8 Å². The van der Waals surface area contributed by atoms with Crippen LogP contribution >= 0.6 is 0 Å². The number of anilines is 1. The Morgan fingerprint density at radius 1 is 1.07 bits per heavy atom. The molecule has 166 valence electrons. The molecule has 2 N–H and O–H groups in total. The lowest BCUT2D eigenvalue weighted by atomic mass is 10.2. The molecule has 0 radical (unpaired) electrons. The number of carbonyl (C=O) groups is 1. The summed E-state index contributed by atoms with van der Waals surface area (Å²) in [5.74, 6) is 1.65. The van der Waals surface area contributed by atoms with Crippen molar-refractivity contribution in [1.82, 2.24) is 15.5 Å². The molecular formula is C23H37N5O2. The number of nitrogens with one attached hydrogen (secondary N) is 2. The molecule has 7 heteroatoms. The largest absolute Gasteiger partial charge is 0.482 e. The van der Waals surface area contributed by atoms with Gasteiger partial charge in [0.15, 0.2) is 12.6 Å². The van der Waals surface area contributed by atoms with Crippen LogP contribution in [0.25, 0.3) is 0 Å². The summed E-state index contributed by atoms with van der Waals surface area (Å²) >= 11 is 0. The molecule has 1 fully saturated rings. The number of nitrogens with zero attached hydrogens (tertiary/aromatic N) is 3. The van der Waals surface area contributed by atoms with Gasteiger partial charge < -0.3 is 25.2 Å². The Morgan fingerprint density at radius 3 is 2.67 bits per heavy atom. The second-order valence-electron chi connectivity index (χ2n) is 7.95. The first-order chi connectivity index (χ1) is 14.8. The number of benzene rings is 1. The number of rotatable bonds is 9. The third-order valence-electron chi connectivity index (χ3n) is 5.60. The summed E-state index contributed by atoms with van der Waals surface area (Å²) in [4.78, 5) is 21.3. The lowest BCUT2D eigenvalue weighted by Crippen LogP contribution is -2.40. The van der Waals surface area contributed by atoms with Gasteiger partial charge in [-0.25, -0.2) is 0 Å². The molecule has 0 saturated carbocycles. The fourth-order valence-electron chi connectivity index (χ4n) is 4.03. The molecule has 2 aliphatic heterocycles. The smallest absolute Gasteiger partial charge is 0.265 e. The lowest BCUT2D eigenvalue weighted by molar-refractivity contribution is -0.121. The topological polar surface area (TPSA) is 69.2 Å². The molecule has 0 spiro atoms. The van der Waals surface area contributed by atoms with Gasteiger partial charge >= 0.3 is 0 Å². The van der Waals surface area contributed by atoms with Gasteiger partial charge in [-0.15, -0.1) is 0 Å². The van der Waals surface area contributed by atoms with E-state index in [1.807, 2.05) is 29.2 Å². The highest BCUT2D eigenvalue weighted by Gasteiger charge is 2.24. The molecule has 0 aromatic heterocycles. The molecule has 1 saturated heterocycles. The van der Waals surface area contributed by atoms with Gasteiger partial charge in [-0.3, -0.25) is 9.79 Å². The zero-order valence-corrected chi connectivity index (χ0v) is 18.4. The standard InChI is InChI=1S/C23H37N5O2/c1-2-24-23(25-13-9-17-27-15-7-3-4-8-16-27)26-14-10-18-28-20-11-5-6-12-21(20)30-19-22(28)29/h5-6,11-12H,2-4,7-10,13-19H2,1H3,(H2,24,25,26). The highest BCUT2D eigenvalue weighted by molar-refractivity contribution is 5.97. The molecule has 0 atom stereocenters. The van der Waals surface area contributed by atoms with E-state index in [9.17, 15) is 4.79 Å². The van der Waals surface area contributed by atoms with Crippen molar-refractivity contribution >= 4 is 17.6 Å². The number of guanidine groups is 1. The highest BCUT2D eigenvalue weighted by atomic mass is 16.5. The van der Waals surface area contributed by atoms with E-state index in [1.54, 1.807) is 0 Å². The maximum atomic E-state index is 12.3. The summed E-state index contributed by atoms with van der Waals surface area (Å²) in [6.45, 7) is 8.94. The van der Waals surface area contributed by atoms with Gasteiger partial charge in [0, 0.05) is 26.2 Å². The Labute approximate surface area is 180 Å². The Kier molecular flexibility index (Phi) is 9.28. The van der Waals surface area contributed by atoms with Gasteiger partial charge in [0.1, 0.15) is 5.75 Å². The van der Waals surface area contributed by atoms with Crippen molar-refractivity contribution in [2.24, 2.45) is 4.99 Å². The third-order valence-corrected chi connectivity index (χ3v) is 5.60. The Hall–Kier alpha value is -2.28. The number of likely N-dealkylation sites (tertiary alicyclic amines) is 1. The van der Waals surface area contributed by atoms with Gasteiger partial charge in [-0.05, 0) is 64.4 Å². The number of aliphatic imine (C=N–C) groups is 1. The minimum Gasteiger partial charge on any atom is -0.482 e. The van der Waals surface area contributed by atoms with E-state index in [-0.39, 0.29) is 12.5 Å². The fraction of sp³-hybridized carbons (Fsp3) is 0.652. The van der Waals surface area contributed by atoms with Crippen molar-refractivity contribution in [3.63, 3.8) is 0 Å². The van der Waals surface area contributed by atoms with E-state index in [4.69, 9.17) is 4.74 Å². The number of hydrogen-bond donors (Lipinski definition) is 2. The van der Waals surface area contributed by atoms with Gasteiger partial charge in [0.05, 0.1) is 5.69 Å². The van der Waals surface area contributed by atoms with Crippen LogP contribution in [0.5, 0.6) is 5.75 Å². The molecule has 2 heterocycles. The molecular weight excluding hydrogens is 378 g/mol. The zero-order valence-electron chi connectivity index (χ0n) is 18.4. The van der Waals surface area contributed by atoms with Crippen molar-refractivity contribution in [2.75, 3.05) is 57.3 Å². The van der Waals surface area contributed by atoms with Crippen LogP contribution in [0.15, 0.2) is 29.3 Å². The molecule has 7 nitrogen and oxygen atoms in total. The van der Waals surface area contributed by atoms with Crippen molar-refractivity contribution < 1.29 is 9.53 Å². The lowest BCUT2D eigenvalue weighted by Gasteiger charge is -2.29. The second-order valence-corrected chi connectivity index (χ2v) is 7.95. The van der Waals surface area contributed by atoms with E-state index in [0.717, 1.165) is 49.9 Å². The summed E-state index contributed by atoms with van der Waals surface area (Å²) in [5, 5.41) is 6.77. The first kappa shape index (κ1) is 22.4. The van der Waals surface area contributed by atoms with Crippen LogP contribution in [-0.2, 0) is 4.79 Å². The van der Waals surface area contributed by atoms with Crippen molar-refractivity contribution in [3.05, 3.63) is 24.3 Å². The van der Waals surface area contributed by atoms with E-state index in [0.29, 0.717) is 13.1 Å². The van der Waals surface area contributed by atoms with Crippen LogP contribution in [-0.4, -0.2) is 69.2 Å². The predicted octanol–water partition coefficient (Wildman–Crippen LogP) is 2.62. The van der Waals surface area contributed by atoms with Gasteiger partial charge in [0.2, 0.25) is 0 Å². The SMILES string of the molecule is CCNC(=NCCCN1C(=O)COc2ccccc21)NCCCN1CCCCCC1. The summed E-state index contributed by atoms with van der Waals surface area (Å²) in [6.07, 6.45) is 7.39. The zero-order chi connectivity index (χ0) is 21.0. The molecule has 0 unspecified atom stereocenters. The molecule has 30 heavy (non-hydrogen) atoms. The maximum Gasteiger partial charge on any atom is 0.265 e. The Morgan fingerprint density at radius 2 is 1.87 bits per heavy atom. The van der Waals surface area contributed by atoms with E-state index >= 15 is 0 Å². The van der Waals surface area contributed by atoms with E-state index in [2.05, 4.69) is 27.4 Å². The third kappa shape index (κ3) is 6.90. The molecule has 1 aromatic carbocycles. The average molecular weight is 416 g/mol. The Bertz CT molecular complexity index is 686. The minimum absolute atomic E-state index is 0.0104. The van der Waals surface area contributed by atoms with Crippen LogP contribution in [0.2, 0.25) is 0 Å². The highest BCUT2D eigenvalue weighted by Crippen LogP contribution is 2.31. The summed E-state index contributed by atoms with van der Waals surface area (Å²) in [5.41, 5.74) is 0.858. The van der Waals surface area contributed by atoms with Gasteiger partial charge in [-0.1, -0.05) is 25.0 Å². The number of ether oxygens (including phenoxy) is 1. The number of hydrogen-bond acceptors (Lipinski definition) is 4. The molecule has 3 rings (SSSR count). The molecule has 1 aromatic rings. The maximum absolute atomic E-state index is 12.3. The van der Waals surface area contributed by atoms with Crippen LogP contribution < -0.4 is 20.3 Å². The predicted molar refractivity (Wildman–Crippen MR) is 122 cm³/mol. The van der Waals surface area contributed by atoms with Crippen LogP contribution in [0.4, 0.5) is 5.69 Å². The first-order valence-electron chi connectivity index (χ1n) is 11.5.